The Bertz CT molecular complexity index is 827. The molecule has 4 heteroatoms. The number of ether oxygens (including phenoxy) is 1. The van der Waals surface area contributed by atoms with Crippen LogP contribution >= 0.6 is 0 Å². The fourth-order valence-corrected chi connectivity index (χ4v) is 2.66. The molecule has 0 saturated heterocycles. The average molecular weight is 484 g/mol. The van der Waals surface area contributed by atoms with Crippen LogP contribution in [0.4, 0.5) is 0 Å². The zero-order chi connectivity index (χ0) is 25.0. The van der Waals surface area contributed by atoms with Crippen LogP contribution < -0.4 is 12.4 Å². The summed E-state index contributed by atoms with van der Waals surface area (Å²) in [7, 11) is 4.47. The van der Waals surface area contributed by atoms with Gasteiger partial charge in [0.1, 0.15) is 0 Å². The third-order valence-electron chi connectivity index (χ3n) is 4.79. The molecule has 0 aliphatic rings. The lowest BCUT2D eigenvalue weighted by molar-refractivity contribution is -0.884. The van der Waals surface area contributed by atoms with Crippen molar-refractivity contribution in [1.29, 1.82) is 0 Å². The standard InChI is InChI=1S/C15H22N.C8H8.C7H12O2.ClH/c1-5-12-16(3,4)13-11-15-9-7-14(6-2)8-10-15;1-2-8-6-4-3-5-7-8;1-3-5-6-9-7(8)4-2;/h5-10H,1-2,11-13H2,3-4H3;2-7H,1H2;4H,2-3,5-6H2,1H3;1H/q+1;;;/p-1. The van der Waals surface area contributed by atoms with Crippen molar-refractivity contribution in [2.75, 3.05) is 33.8 Å². The van der Waals surface area contributed by atoms with E-state index in [2.05, 4.69) is 69.4 Å². The van der Waals surface area contributed by atoms with E-state index in [-0.39, 0.29) is 18.4 Å². The van der Waals surface area contributed by atoms with Gasteiger partial charge in [0, 0.05) is 12.5 Å². The molecule has 0 bridgehead atoms. The highest BCUT2D eigenvalue weighted by Gasteiger charge is 2.12. The van der Waals surface area contributed by atoms with Crippen LogP contribution in [0.15, 0.2) is 93.1 Å². The molecule has 2 rings (SSSR count). The van der Waals surface area contributed by atoms with Gasteiger partial charge in [-0.05, 0) is 29.2 Å². The van der Waals surface area contributed by atoms with Gasteiger partial charge in [-0.1, -0.05) is 106 Å². The summed E-state index contributed by atoms with van der Waals surface area (Å²) in [6.45, 7) is 19.2. The molecule has 0 aliphatic carbocycles. The molecular weight excluding hydrogens is 442 g/mol. The minimum atomic E-state index is -0.330. The van der Waals surface area contributed by atoms with Crippen LogP contribution in [0.3, 0.4) is 0 Å². The first kappa shape index (κ1) is 33.3. The van der Waals surface area contributed by atoms with E-state index in [0.29, 0.717) is 6.61 Å². The van der Waals surface area contributed by atoms with Crippen LogP contribution in [-0.2, 0) is 16.0 Å². The molecule has 2 aromatic carbocycles. The second-order valence-corrected chi connectivity index (χ2v) is 8.17. The van der Waals surface area contributed by atoms with Gasteiger partial charge in [-0.25, -0.2) is 4.79 Å². The Labute approximate surface area is 214 Å². The minimum Gasteiger partial charge on any atom is -1.00 e. The lowest BCUT2D eigenvalue weighted by Crippen LogP contribution is -3.00. The maximum Gasteiger partial charge on any atom is 0.330 e. The Balaban J connectivity index is 0. The van der Waals surface area contributed by atoms with Crippen molar-refractivity contribution in [2.45, 2.75) is 26.2 Å². The summed E-state index contributed by atoms with van der Waals surface area (Å²) in [5.41, 5.74) is 3.75. The third kappa shape index (κ3) is 17.6. The van der Waals surface area contributed by atoms with Gasteiger partial charge < -0.3 is 21.6 Å². The van der Waals surface area contributed by atoms with E-state index in [9.17, 15) is 4.79 Å². The summed E-state index contributed by atoms with van der Waals surface area (Å²) in [5.74, 6) is -0.330. The van der Waals surface area contributed by atoms with Crippen molar-refractivity contribution in [2.24, 2.45) is 0 Å². The first-order valence-corrected chi connectivity index (χ1v) is 11.4. The molecule has 0 unspecified atom stereocenters. The molecule has 3 nitrogen and oxygen atoms in total. The number of nitrogens with zero attached hydrogens (tertiary/aromatic N) is 1. The van der Waals surface area contributed by atoms with Gasteiger partial charge in [0.2, 0.25) is 0 Å². The summed E-state index contributed by atoms with van der Waals surface area (Å²) >= 11 is 0. The van der Waals surface area contributed by atoms with Crippen LogP contribution in [0.2, 0.25) is 0 Å². The normalized spacial score (nSPS) is 9.50. The molecular formula is C30H42ClNO2. The van der Waals surface area contributed by atoms with Gasteiger partial charge in [-0.3, -0.25) is 0 Å². The van der Waals surface area contributed by atoms with Crippen molar-refractivity contribution in [1.82, 2.24) is 0 Å². The number of unbranched alkanes of at least 4 members (excludes halogenated alkanes) is 1. The summed E-state index contributed by atoms with van der Waals surface area (Å²) < 4.78 is 5.67. The van der Waals surface area contributed by atoms with Gasteiger partial charge in [0.05, 0.1) is 33.8 Å². The molecule has 34 heavy (non-hydrogen) atoms. The molecule has 0 spiro atoms. The van der Waals surface area contributed by atoms with E-state index < -0.39 is 0 Å². The Morgan fingerprint density at radius 3 is 1.91 bits per heavy atom. The molecule has 0 heterocycles. The minimum absolute atomic E-state index is 0. The fraction of sp³-hybridized carbons (Fsp3) is 0.300. The molecule has 0 amide bonds. The molecule has 186 valence electrons. The van der Waals surface area contributed by atoms with E-state index in [1.165, 1.54) is 22.8 Å². The number of hydrogen-bond donors (Lipinski definition) is 0. The lowest BCUT2D eigenvalue weighted by Gasteiger charge is -2.28. The number of hydrogen-bond acceptors (Lipinski definition) is 2. The molecule has 0 aliphatic heterocycles. The zero-order valence-corrected chi connectivity index (χ0v) is 22.0. The third-order valence-corrected chi connectivity index (χ3v) is 4.79. The highest BCUT2D eigenvalue weighted by Crippen LogP contribution is 2.08. The number of carbonyl (C=O) groups is 1. The zero-order valence-electron chi connectivity index (χ0n) is 21.2. The van der Waals surface area contributed by atoms with Gasteiger partial charge in [0.15, 0.2) is 0 Å². The van der Waals surface area contributed by atoms with Crippen molar-refractivity contribution in [3.05, 3.63) is 110 Å². The van der Waals surface area contributed by atoms with Crippen molar-refractivity contribution < 1.29 is 26.4 Å². The Morgan fingerprint density at radius 2 is 1.47 bits per heavy atom. The SMILES string of the molecule is C=CC(=O)OCCCC.C=CC[N+](C)(C)CCc1ccc(C=C)cc1.C=Cc1ccccc1.[Cl-]. The fourth-order valence-electron chi connectivity index (χ4n) is 2.66. The Morgan fingerprint density at radius 1 is 0.912 bits per heavy atom. The number of rotatable bonds is 11. The predicted molar refractivity (Wildman–Crippen MR) is 145 cm³/mol. The molecule has 0 atom stereocenters. The second kappa shape index (κ2) is 20.7. The van der Waals surface area contributed by atoms with Gasteiger partial charge in [0.25, 0.3) is 0 Å². The summed E-state index contributed by atoms with van der Waals surface area (Å²) in [5, 5.41) is 0. The molecule has 0 fully saturated rings. The quantitative estimate of drug-likeness (QED) is 0.159. The average Bonchev–Trinajstić information content (AvgIpc) is 2.84. The maximum atomic E-state index is 10.3. The highest BCUT2D eigenvalue weighted by atomic mass is 35.5. The number of benzene rings is 2. The first-order valence-electron chi connectivity index (χ1n) is 11.4. The first-order chi connectivity index (χ1) is 15.8. The highest BCUT2D eigenvalue weighted by molar-refractivity contribution is 5.81. The number of esters is 1. The number of likely N-dealkylation sites (N-methyl/N-ethyl adjacent to an activating group) is 1. The van der Waals surface area contributed by atoms with E-state index in [1.807, 2.05) is 55.5 Å². The van der Waals surface area contributed by atoms with Crippen molar-refractivity contribution in [3.63, 3.8) is 0 Å². The van der Waals surface area contributed by atoms with Crippen LogP contribution in [0.5, 0.6) is 0 Å². The van der Waals surface area contributed by atoms with E-state index in [1.54, 1.807) is 0 Å². The van der Waals surface area contributed by atoms with E-state index in [4.69, 9.17) is 0 Å². The molecule has 0 radical (unpaired) electrons. The molecule has 2 aromatic rings. The van der Waals surface area contributed by atoms with Crippen molar-refractivity contribution in [3.8, 4) is 0 Å². The van der Waals surface area contributed by atoms with Crippen LogP contribution in [-0.4, -0.2) is 44.2 Å². The van der Waals surface area contributed by atoms with Gasteiger partial charge >= 0.3 is 5.97 Å². The lowest BCUT2D eigenvalue weighted by atomic mass is 10.1. The summed E-state index contributed by atoms with van der Waals surface area (Å²) in [6, 6.07) is 18.6. The van der Waals surface area contributed by atoms with E-state index in [0.717, 1.165) is 36.8 Å². The maximum absolute atomic E-state index is 10.3. The monoisotopic (exact) mass is 483 g/mol. The number of carbonyl (C=O) groups excluding carboxylic acids is 1. The topological polar surface area (TPSA) is 26.3 Å². The van der Waals surface area contributed by atoms with Gasteiger partial charge in [-0.2, -0.15) is 0 Å². The predicted octanol–water partition coefficient (Wildman–Crippen LogP) is 3.98. The number of halogens is 1. The molecule has 0 N–H and O–H groups in total. The Hall–Kier alpha value is -2.88. The summed E-state index contributed by atoms with van der Waals surface area (Å²) in [4.78, 5) is 10.3. The molecule has 0 aromatic heterocycles. The Kier molecular flexibility index (Phi) is 20.3. The van der Waals surface area contributed by atoms with Crippen LogP contribution in [0, 0.1) is 0 Å². The van der Waals surface area contributed by atoms with Crippen LogP contribution in [0.25, 0.3) is 12.2 Å². The van der Waals surface area contributed by atoms with E-state index >= 15 is 0 Å². The largest absolute Gasteiger partial charge is 1.00 e. The number of quaternary nitrogens is 1. The second-order valence-electron chi connectivity index (χ2n) is 8.17. The molecule has 0 saturated carbocycles. The van der Waals surface area contributed by atoms with Gasteiger partial charge in [-0.15, -0.1) is 0 Å². The smallest absolute Gasteiger partial charge is 0.330 e. The summed E-state index contributed by atoms with van der Waals surface area (Å²) in [6.07, 6.45) is 9.96. The van der Waals surface area contributed by atoms with Crippen molar-refractivity contribution >= 4 is 18.1 Å². The van der Waals surface area contributed by atoms with Crippen LogP contribution in [0.1, 0.15) is 36.5 Å².